The highest BCUT2D eigenvalue weighted by Crippen LogP contribution is 2.36. The fourth-order valence-corrected chi connectivity index (χ4v) is 3.10. The number of methoxy groups -OCH3 is 2. The van der Waals surface area contributed by atoms with Gasteiger partial charge in [0, 0.05) is 17.5 Å². The smallest absolute Gasteiger partial charge is 0.145 e. The third-order valence-corrected chi connectivity index (χ3v) is 4.20. The molecule has 0 spiro atoms. The molecule has 0 aliphatic heterocycles. The van der Waals surface area contributed by atoms with Gasteiger partial charge < -0.3 is 14.4 Å². The predicted octanol–water partition coefficient (Wildman–Crippen LogP) is 4.29. The molecule has 0 amide bonds. The molecule has 0 bridgehead atoms. The van der Waals surface area contributed by atoms with E-state index in [-0.39, 0.29) is 0 Å². The van der Waals surface area contributed by atoms with E-state index in [1.54, 1.807) is 14.2 Å². The van der Waals surface area contributed by atoms with E-state index >= 15 is 0 Å². The Hall–Kier alpha value is -2.59. The van der Waals surface area contributed by atoms with Crippen molar-refractivity contribution in [3.63, 3.8) is 0 Å². The van der Waals surface area contributed by atoms with Gasteiger partial charge in [-0.05, 0) is 50.8 Å². The van der Waals surface area contributed by atoms with Gasteiger partial charge in [0.25, 0.3) is 0 Å². The Kier molecular flexibility index (Phi) is 4.91. The van der Waals surface area contributed by atoms with E-state index in [0.29, 0.717) is 0 Å². The third-order valence-electron chi connectivity index (χ3n) is 4.20. The van der Waals surface area contributed by atoms with E-state index in [9.17, 15) is 0 Å². The Morgan fingerprint density at radius 3 is 2.32 bits per heavy atom. The normalized spacial score (nSPS) is 11.1. The van der Waals surface area contributed by atoms with Crippen LogP contribution in [0.1, 0.15) is 11.1 Å². The second kappa shape index (κ2) is 7.11. The highest BCUT2D eigenvalue weighted by molar-refractivity contribution is 5.92. The average Bonchev–Trinajstić information content (AvgIpc) is 2.59. The number of nitrogens with zero attached hydrogens (tertiary/aromatic N) is 2. The minimum absolute atomic E-state index is 0.751. The first-order valence-electron chi connectivity index (χ1n) is 8.30. The van der Waals surface area contributed by atoms with Crippen molar-refractivity contribution >= 4 is 10.9 Å². The molecule has 1 aromatic heterocycles. The van der Waals surface area contributed by atoms with Crippen molar-refractivity contribution in [3.8, 4) is 22.8 Å². The molecule has 0 atom stereocenters. The van der Waals surface area contributed by atoms with Crippen molar-refractivity contribution in [2.45, 2.75) is 13.5 Å². The van der Waals surface area contributed by atoms with Gasteiger partial charge in [-0.25, -0.2) is 4.98 Å². The van der Waals surface area contributed by atoms with Crippen LogP contribution in [-0.4, -0.2) is 38.2 Å². The van der Waals surface area contributed by atoms with E-state index in [1.165, 1.54) is 5.56 Å². The van der Waals surface area contributed by atoms with E-state index in [0.717, 1.165) is 45.8 Å². The van der Waals surface area contributed by atoms with Crippen LogP contribution < -0.4 is 9.47 Å². The lowest BCUT2D eigenvalue weighted by Crippen LogP contribution is -2.12. The van der Waals surface area contributed by atoms with Crippen LogP contribution >= 0.6 is 0 Å². The van der Waals surface area contributed by atoms with Gasteiger partial charge in [-0.2, -0.15) is 0 Å². The summed E-state index contributed by atoms with van der Waals surface area (Å²) >= 11 is 0. The quantitative estimate of drug-likeness (QED) is 0.696. The van der Waals surface area contributed by atoms with Crippen LogP contribution in [0.3, 0.4) is 0 Å². The zero-order valence-corrected chi connectivity index (χ0v) is 15.5. The number of benzene rings is 2. The number of aryl methyl sites for hydroxylation is 1. The van der Waals surface area contributed by atoms with Crippen LogP contribution in [0.2, 0.25) is 0 Å². The lowest BCUT2D eigenvalue weighted by molar-refractivity contribution is 0.401. The molecule has 0 N–H and O–H groups in total. The minimum Gasteiger partial charge on any atom is -0.496 e. The molecular formula is C21H24N2O2. The van der Waals surface area contributed by atoms with E-state index < -0.39 is 0 Å². The molecule has 4 nitrogen and oxygen atoms in total. The predicted molar refractivity (Wildman–Crippen MR) is 102 cm³/mol. The second-order valence-electron chi connectivity index (χ2n) is 6.47. The number of fused-ring (bicyclic) bond motifs is 1. The summed E-state index contributed by atoms with van der Waals surface area (Å²) in [5.74, 6) is 1.56. The lowest BCUT2D eigenvalue weighted by Gasteiger charge is -2.17. The summed E-state index contributed by atoms with van der Waals surface area (Å²) in [7, 11) is 7.48. The molecule has 0 saturated heterocycles. The van der Waals surface area contributed by atoms with Crippen molar-refractivity contribution < 1.29 is 9.47 Å². The highest BCUT2D eigenvalue weighted by Gasteiger charge is 2.15. The summed E-state index contributed by atoms with van der Waals surface area (Å²) in [6, 6.07) is 14.4. The molecule has 3 aromatic rings. The molecule has 0 aliphatic rings. The van der Waals surface area contributed by atoms with E-state index in [1.807, 2.05) is 12.1 Å². The summed E-state index contributed by atoms with van der Waals surface area (Å²) in [4.78, 5) is 7.13. The van der Waals surface area contributed by atoms with Crippen LogP contribution in [0.25, 0.3) is 22.2 Å². The molecule has 25 heavy (non-hydrogen) atoms. The standard InChI is InChI=1S/C21H24N2O2/c1-14-7-6-8-15(11-14)20-16(13-23(2)3)12-17-18(24-4)9-10-19(25-5)21(17)22-20/h6-12H,13H2,1-5H3. The topological polar surface area (TPSA) is 34.6 Å². The Morgan fingerprint density at radius 2 is 1.68 bits per heavy atom. The molecule has 130 valence electrons. The Labute approximate surface area is 149 Å². The van der Waals surface area contributed by atoms with Gasteiger partial charge in [0.05, 0.1) is 19.9 Å². The third kappa shape index (κ3) is 3.44. The summed E-state index contributed by atoms with van der Waals surface area (Å²) in [5.41, 5.74) is 5.29. The van der Waals surface area contributed by atoms with Crippen molar-refractivity contribution in [1.82, 2.24) is 9.88 Å². The van der Waals surface area contributed by atoms with Gasteiger partial charge >= 0.3 is 0 Å². The Morgan fingerprint density at radius 1 is 0.960 bits per heavy atom. The van der Waals surface area contributed by atoms with Crippen LogP contribution in [0.15, 0.2) is 42.5 Å². The fourth-order valence-electron chi connectivity index (χ4n) is 3.10. The van der Waals surface area contributed by atoms with Gasteiger partial charge in [-0.15, -0.1) is 0 Å². The Balaban J connectivity index is 2.33. The lowest BCUT2D eigenvalue weighted by atomic mass is 10.0. The molecule has 0 radical (unpaired) electrons. The highest BCUT2D eigenvalue weighted by atomic mass is 16.5. The van der Waals surface area contributed by atoms with Crippen LogP contribution in [0, 0.1) is 6.92 Å². The van der Waals surface area contributed by atoms with Gasteiger partial charge in [-0.3, -0.25) is 0 Å². The maximum atomic E-state index is 5.54. The summed E-state index contributed by atoms with van der Waals surface area (Å²) in [6.07, 6.45) is 0. The van der Waals surface area contributed by atoms with Crippen LogP contribution in [0.4, 0.5) is 0 Å². The van der Waals surface area contributed by atoms with Crippen molar-refractivity contribution in [3.05, 3.63) is 53.6 Å². The zero-order valence-electron chi connectivity index (χ0n) is 15.5. The first kappa shape index (κ1) is 17.2. The number of hydrogen-bond donors (Lipinski definition) is 0. The van der Waals surface area contributed by atoms with E-state index in [4.69, 9.17) is 14.5 Å². The minimum atomic E-state index is 0.751. The Bertz CT molecular complexity index is 904. The van der Waals surface area contributed by atoms with Gasteiger partial charge in [0.1, 0.15) is 17.0 Å². The molecular weight excluding hydrogens is 312 g/mol. The molecule has 3 rings (SSSR count). The fraction of sp³-hybridized carbons (Fsp3) is 0.286. The summed E-state index contributed by atoms with van der Waals surface area (Å²) in [6.45, 7) is 2.90. The SMILES string of the molecule is COc1ccc(OC)c2nc(-c3cccc(C)c3)c(CN(C)C)cc12. The second-order valence-corrected chi connectivity index (χ2v) is 6.47. The van der Waals surface area contributed by atoms with Crippen LogP contribution in [0.5, 0.6) is 11.5 Å². The number of ether oxygens (including phenoxy) is 2. The molecule has 0 fully saturated rings. The molecule has 0 aliphatic carbocycles. The maximum Gasteiger partial charge on any atom is 0.145 e. The molecule has 2 aromatic carbocycles. The van der Waals surface area contributed by atoms with Crippen molar-refractivity contribution in [1.29, 1.82) is 0 Å². The van der Waals surface area contributed by atoms with Crippen LogP contribution in [-0.2, 0) is 6.54 Å². The summed E-state index contributed by atoms with van der Waals surface area (Å²) < 4.78 is 11.1. The number of hydrogen-bond acceptors (Lipinski definition) is 4. The maximum absolute atomic E-state index is 5.54. The monoisotopic (exact) mass is 336 g/mol. The largest absolute Gasteiger partial charge is 0.496 e. The molecule has 4 heteroatoms. The van der Waals surface area contributed by atoms with Gasteiger partial charge in [-0.1, -0.05) is 23.8 Å². The number of rotatable bonds is 5. The first-order chi connectivity index (χ1) is 12.0. The molecule has 0 unspecified atom stereocenters. The van der Waals surface area contributed by atoms with Gasteiger partial charge in [0.15, 0.2) is 0 Å². The first-order valence-corrected chi connectivity index (χ1v) is 8.30. The van der Waals surface area contributed by atoms with Crippen molar-refractivity contribution in [2.24, 2.45) is 0 Å². The van der Waals surface area contributed by atoms with Crippen molar-refractivity contribution in [2.75, 3.05) is 28.3 Å². The molecule has 0 saturated carbocycles. The summed E-state index contributed by atoms with van der Waals surface area (Å²) in [5, 5.41) is 0.968. The number of aromatic nitrogens is 1. The zero-order chi connectivity index (χ0) is 18.0. The van der Waals surface area contributed by atoms with Gasteiger partial charge in [0.2, 0.25) is 0 Å². The number of pyridine rings is 1. The molecule has 1 heterocycles. The average molecular weight is 336 g/mol. The van der Waals surface area contributed by atoms with E-state index in [2.05, 4.69) is 56.3 Å².